The fraction of sp³-hybridized carbons (Fsp3) is 0.167. The van der Waals surface area contributed by atoms with Gasteiger partial charge in [0.25, 0.3) is 0 Å². The van der Waals surface area contributed by atoms with Crippen molar-refractivity contribution in [2.45, 2.75) is 6.42 Å². The number of hydrogen-bond donors (Lipinski definition) is 2. The zero-order chi connectivity index (χ0) is 13.4. The van der Waals surface area contributed by atoms with Crippen molar-refractivity contribution in [3.05, 3.63) is 33.9 Å². The molecule has 0 amide bonds. The maximum Gasteiger partial charge on any atom is 0.231 e. The first-order chi connectivity index (χ1) is 9.13. The molecule has 6 nitrogen and oxygen atoms in total. The number of benzene rings is 1. The molecule has 98 valence electrons. The summed E-state index contributed by atoms with van der Waals surface area (Å²) >= 11 is 3.50. The quantitative estimate of drug-likeness (QED) is 0.874. The van der Waals surface area contributed by atoms with Crippen LogP contribution in [0.25, 0.3) is 0 Å². The van der Waals surface area contributed by atoms with Gasteiger partial charge in [-0.15, -0.1) is 0 Å². The van der Waals surface area contributed by atoms with E-state index in [4.69, 9.17) is 20.9 Å². The summed E-state index contributed by atoms with van der Waals surface area (Å²) in [6.07, 6.45) is 2.22. The van der Waals surface area contributed by atoms with Gasteiger partial charge in [-0.3, -0.25) is 0 Å². The van der Waals surface area contributed by atoms with E-state index in [0.29, 0.717) is 12.2 Å². The Hall–Kier alpha value is -2.02. The van der Waals surface area contributed by atoms with Crippen LogP contribution >= 0.6 is 15.9 Å². The van der Waals surface area contributed by atoms with Crippen molar-refractivity contribution >= 4 is 27.7 Å². The van der Waals surface area contributed by atoms with Gasteiger partial charge in [0.05, 0.1) is 0 Å². The number of nitrogens with zero attached hydrogens (tertiary/aromatic N) is 2. The van der Waals surface area contributed by atoms with E-state index in [1.807, 2.05) is 12.1 Å². The van der Waals surface area contributed by atoms with Crippen LogP contribution in [0.3, 0.4) is 0 Å². The van der Waals surface area contributed by atoms with Gasteiger partial charge in [0.2, 0.25) is 12.7 Å². The Morgan fingerprint density at radius 2 is 1.89 bits per heavy atom. The van der Waals surface area contributed by atoms with Crippen LogP contribution < -0.4 is 20.9 Å². The average Bonchev–Trinajstić information content (AvgIpc) is 2.80. The Morgan fingerprint density at radius 1 is 1.16 bits per heavy atom. The predicted molar refractivity (Wildman–Crippen MR) is 73.9 cm³/mol. The van der Waals surface area contributed by atoms with E-state index < -0.39 is 0 Å². The highest BCUT2D eigenvalue weighted by atomic mass is 79.9. The molecule has 0 saturated heterocycles. The van der Waals surface area contributed by atoms with Crippen LogP contribution in [0.15, 0.2) is 22.8 Å². The molecule has 2 aromatic rings. The van der Waals surface area contributed by atoms with Gasteiger partial charge in [0, 0.05) is 22.7 Å². The molecule has 0 atom stereocenters. The highest BCUT2D eigenvalue weighted by molar-refractivity contribution is 9.10. The molecule has 0 fully saturated rings. The van der Waals surface area contributed by atoms with Gasteiger partial charge in [-0.1, -0.05) is 15.9 Å². The summed E-state index contributed by atoms with van der Waals surface area (Å²) in [5.74, 6) is 2.02. The third-order valence-electron chi connectivity index (χ3n) is 2.84. The first kappa shape index (κ1) is 12.0. The van der Waals surface area contributed by atoms with E-state index in [1.165, 1.54) is 0 Å². The Labute approximate surface area is 117 Å². The second-order valence-electron chi connectivity index (χ2n) is 4.11. The molecule has 0 saturated carbocycles. The molecule has 2 heterocycles. The number of nitrogens with two attached hydrogens (primary N) is 2. The molecule has 1 aromatic carbocycles. The molecule has 0 radical (unpaired) electrons. The van der Waals surface area contributed by atoms with Crippen molar-refractivity contribution < 1.29 is 9.47 Å². The minimum atomic E-state index is 0.172. The van der Waals surface area contributed by atoms with E-state index in [-0.39, 0.29) is 12.7 Å². The van der Waals surface area contributed by atoms with Gasteiger partial charge >= 0.3 is 0 Å². The molecule has 4 N–H and O–H groups in total. The topological polar surface area (TPSA) is 96.3 Å². The van der Waals surface area contributed by atoms with Crippen molar-refractivity contribution in [1.82, 2.24) is 9.97 Å². The van der Waals surface area contributed by atoms with E-state index in [2.05, 4.69) is 25.9 Å². The van der Waals surface area contributed by atoms with Gasteiger partial charge in [-0.05, 0) is 17.7 Å². The molecule has 1 aromatic heterocycles. The fourth-order valence-corrected chi connectivity index (χ4v) is 2.33. The molecular formula is C12H11BrN4O2. The second-order valence-corrected chi connectivity index (χ2v) is 4.97. The Bertz CT molecular complexity index is 648. The Balaban J connectivity index is 1.95. The number of hydrogen-bond acceptors (Lipinski definition) is 6. The fourth-order valence-electron chi connectivity index (χ4n) is 1.87. The van der Waals surface area contributed by atoms with Gasteiger partial charge in [0.15, 0.2) is 11.5 Å². The highest BCUT2D eigenvalue weighted by Crippen LogP contribution is 2.37. The normalized spacial score (nSPS) is 12.7. The number of nitrogen functional groups attached to an aromatic ring is 2. The van der Waals surface area contributed by atoms with E-state index in [1.54, 1.807) is 6.20 Å². The molecule has 0 unspecified atom stereocenters. The summed E-state index contributed by atoms with van der Waals surface area (Å²) in [6.45, 7) is 0.248. The van der Waals surface area contributed by atoms with Crippen LogP contribution in [-0.4, -0.2) is 16.8 Å². The summed E-state index contributed by atoms with van der Waals surface area (Å²) in [5.41, 5.74) is 13.1. The standard InChI is InChI=1S/C12H11BrN4O2/c13-8-3-10-9(18-5-19-10)2-6(8)1-7-4-16-12(15)17-11(7)14/h2-4H,1,5H2,(H4,14,15,16,17). The molecular weight excluding hydrogens is 312 g/mol. The highest BCUT2D eigenvalue weighted by Gasteiger charge is 2.17. The number of anilines is 2. The molecule has 0 bridgehead atoms. The number of fused-ring (bicyclic) bond motifs is 1. The monoisotopic (exact) mass is 322 g/mol. The molecule has 1 aliphatic rings. The molecule has 3 rings (SSSR count). The lowest BCUT2D eigenvalue weighted by atomic mass is 10.1. The van der Waals surface area contributed by atoms with Gasteiger partial charge in [0.1, 0.15) is 5.82 Å². The van der Waals surface area contributed by atoms with Crippen molar-refractivity contribution in [3.8, 4) is 11.5 Å². The van der Waals surface area contributed by atoms with Crippen LogP contribution in [0.1, 0.15) is 11.1 Å². The van der Waals surface area contributed by atoms with Crippen molar-refractivity contribution in [2.75, 3.05) is 18.3 Å². The number of aromatic nitrogens is 2. The SMILES string of the molecule is Nc1ncc(Cc2cc3c(cc2Br)OCO3)c(N)n1. The van der Waals surface area contributed by atoms with Crippen molar-refractivity contribution in [2.24, 2.45) is 0 Å². The van der Waals surface area contributed by atoms with Gasteiger partial charge in [-0.25, -0.2) is 4.98 Å². The molecule has 0 aliphatic carbocycles. The number of halogens is 1. The summed E-state index contributed by atoms with van der Waals surface area (Å²) in [7, 11) is 0. The van der Waals surface area contributed by atoms with Gasteiger partial charge in [-0.2, -0.15) is 4.98 Å². The van der Waals surface area contributed by atoms with Crippen molar-refractivity contribution in [3.63, 3.8) is 0 Å². The number of ether oxygens (including phenoxy) is 2. The first-order valence-corrected chi connectivity index (χ1v) is 6.37. The average molecular weight is 323 g/mol. The molecule has 19 heavy (non-hydrogen) atoms. The predicted octanol–water partition coefficient (Wildman–Crippen LogP) is 1.72. The zero-order valence-electron chi connectivity index (χ0n) is 9.89. The summed E-state index contributed by atoms with van der Waals surface area (Å²) in [6, 6.07) is 3.80. The van der Waals surface area contributed by atoms with E-state index in [0.717, 1.165) is 27.1 Å². The maximum atomic E-state index is 5.83. The Kier molecular flexibility index (Phi) is 2.90. The van der Waals surface area contributed by atoms with Crippen LogP contribution in [-0.2, 0) is 6.42 Å². The lowest BCUT2D eigenvalue weighted by Crippen LogP contribution is -2.04. The Morgan fingerprint density at radius 3 is 2.63 bits per heavy atom. The van der Waals surface area contributed by atoms with Gasteiger partial charge < -0.3 is 20.9 Å². The number of rotatable bonds is 2. The lowest BCUT2D eigenvalue weighted by Gasteiger charge is -2.08. The molecule has 1 aliphatic heterocycles. The van der Waals surface area contributed by atoms with Crippen LogP contribution in [0.5, 0.6) is 11.5 Å². The molecule has 0 spiro atoms. The summed E-state index contributed by atoms with van der Waals surface area (Å²) in [5, 5.41) is 0. The van der Waals surface area contributed by atoms with Crippen LogP contribution in [0, 0.1) is 0 Å². The third kappa shape index (κ3) is 2.28. The molecule has 7 heteroatoms. The second kappa shape index (κ2) is 4.58. The largest absolute Gasteiger partial charge is 0.454 e. The smallest absolute Gasteiger partial charge is 0.231 e. The third-order valence-corrected chi connectivity index (χ3v) is 3.58. The van der Waals surface area contributed by atoms with E-state index in [9.17, 15) is 0 Å². The summed E-state index contributed by atoms with van der Waals surface area (Å²) in [4.78, 5) is 7.90. The summed E-state index contributed by atoms with van der Waals surface area (Å²) < 4.78 is 11.6. The van der Waals surface area contributed by atoms with E-state index >= 15 is 0 Å². The minimum Gasteiger partial charge on any atom is -0.454 e. The minimum absolute atomic E-state index is 0.172. The maximum absolute atomic E-state index is 5.83. The first-order valence-electron chi connectivity index (χ1n) is 5.58. The lowest BCUT2D eigenvalue weighted by molar-refractivity contribution is 0.174. The zero-order valence-corrected chi connectivity index (χ0v) is 11.5. The van der Waals surface area contributed by atoms with Crippen LogP contribution in [0.4, 0.5) is 11.8 Å². The van der Waals surface area contributed by atoms with Crippen molar-refractivity contribution in [1.29, 1.82) is 0 Å². The van der Waals surface area contributed by atoms with Crippen LogP contribution in [0.2, 0.25) is 0 Å².